The van der Waals surface area contributed by atoms with Gasteiger partial charge < -0.3 is 14.8 Å². The Morgan fingerprint density at radius 3 is 2.56 bits per heavy atom. The molecule has 1 fully saturated rings. The maximum Gasteiger partial charge on any atom is 0.256 e. The molecule has 1 aliphatic rings. The van der Waals surface area contributed by atoms with Crippen molar-refractivity contribution < 1.29 is 4.79 Å². The number of carbonyl (C=O) groups excluding carboxylic acids is 1. The van der Waals surface area contributed by atoms with Crippen LogP contribution in [0.5, 0.6) is 0 Å². The molecule has 0 spiro atoms. The molecule has 3 aromatic rings. The maximum absolute atomic E-state index is 12.9. The first kappa shape index (κ1) is 16.3. The van der Waals surface area contributed by atoms with Crippen LogP contribution >= 0.6 is 23.2 Å². The number of aromatic nitrogens is 1. The highest BCUT2D eigenvalue weighted by molar-refractivity contribution is 6.36. The van der Waals surface area contributed by atoms with Crippen LogP contribution in [0.15, 0.2) is 48.7 Å². The van der Waals surface area contributed by atoms with E-state index < -0.39 is 0 Å². The summed E-state index contributed by atoms with van der Waals surface area (Å²) < 4.78 is 0. The van der Waals surface area contributed by atoms with Gasteiger partial charge in [0, 0.05) is 42.8 Å². The number of piperazine rings is 1. The summed E-state index contributed by atoms with van der Waals surface area (Å²) in [6.07, 6.45) is 1.86. The molecule has 128 valence electrons. The number of anilines is 1. The van der Waals surface area contributed by atoms with Gasteiger partial charge in [-0.05, 0) is 30.3 Å². The summed E-state index contributed by atoms with van der Waals surface area (Å²) in [5, 5.41) is 2.32. The molecular formula is C19H17Cl2N3O. The predicted octanol–water partition coefficient (Wildman–Crippen LogP) is 4.44. The van der Waals surface area contributed by atoms with Gasteiger partial charge >= 0.3 is 0 Å². The first-order valence-corrected chi connectivity index (χ1v) is 8.94. The standard InChI is InChI=1S/C19H17Cl2N3O/c20-14-4-5-17(16(21)12-14)23-8-10-24(11-9-23)19(25)15-3-1-2-13-6-7-22-18(13)15/h1-7,12,22H,8-11H2. The first-order valence-electron chi connectivity index (χ1n) is 8.19. The fourth-order valence-electron chi connectivity index (χ4n) is 3.32. The minimum Gasteiger partial charge on any atom is -0.367 e. The average Bonchev–Trinajstić information content (AvgIpc) is 3.10. The van der Waals surface area contributed by atoms with Gasteiger partial charge in [-0.15, -0.1) is 0 Å². The monoisotopic (exact) mass is 373 g/mol. The number of nitrogens with one attached hydrogen (secondary N) is 1. The Bertz CT molecular complexity index is 929. The van der Waals surface area contributed by atoms with Crippen LogP contribution in [-0.2, 0) is 0 Å². The summed E-state index contributed by atoms with van der Waals surface area (Å²) in [5.74, 6) is 0.0647. The number of para-hydroxylation sites is 1. The Morgan fingerprint density at radius 2 is 1.80 bits per heavy atom. The van der Waals surface area contributed by atoms with E-state index in [1.165, 1.54) is 0 Å². The number of benzene rings is 2. The van der Waals surface area contributed by atoms with Gasteiger partial charge in [-0.2, -0.15) is 0 Å². The van der Waals surface area contributed by atoms with Crippen molar-refractivity contribution in [3.05, 3.63) is 64.3 Å². The van der Waals surface area contributed by atoms with Gasteiger partial charge in [-0.1, -0.05) is 35.3 Å². The van der Waals surface area contributed by atoms with E-state index >= 15 is 0 Å². The number of amides is 1. The third-order valence-electron chi connectivity index (χ3n) is 4.63. The second-order valence-corrected chi connectivity index (χ2v) is 6.97. The molecule has 6 heteroatoms. The van der Waals surface area contributed by atoms with E-state index in [2.05, 4.69) is 9.88 Å². The first-order chi connectivity index (χ1) is 12.1. The van der Waals surface area contributed by atoms with Crippen LogP contribution in [0.1, 0.15) is 10.4 Å². The molecule has 0 aliphatic carbocycles. The summed E-state index contributed by atoms with van der Waals surface area (Å²) >= 11 is 12.3. The molecule has 0 unspecified atom stereocenters. The number of H-pyrrole nitrogens is 1. The Hall–Kier alpha value is -2.17. The van der Waals surface area contributed by atoms with Crippen LogP contribution in [0.3, 0.4) is 0 Å². The van der Waals surface area contributed by atoms with E-state index in [4.69, 9.17) is 23.2 Å². The number of hydrogen-bond acceptors (Lipinski definition) is 2. The van der Waals surface area contributed by atoms with Gasteiger partial charge in [0.25, 0.3) is 5.91 Å². The van der Waals surface area contributed by atoms with Crippen LogP contribution in [0.4, 0.5) is 5.69 Å². The van der Waals surface area contributed by atoms with Crippen LogP contribution in [-0.4, -0.2) is 42.0 Å². The molecular weight excluding hydrogens is 357 g/mol. The number of fused-ring (bicyclic) bond motifs is 1. The molecule has 0 bridgehead atoms. The average molecular weight is 374 g/mol. The molecule has 2 aromatic carbocycles. The third-order valence-corrected chi connectivity index (χ3v) is 5.17. The van der Waals surface area contributed by atoms with E-state index in [-0.39, 0.29) is 5.91 Å². The fraction of sp³-hybridized carbons (Fsp3) is 0.211. The van der Waals surface area contributed by atoms with E-state index in [0.29, 0.717) is 23.1 Å². The summed E-state index contributed by atoms with van der Waals surface area (Å²) in [7, 11) is 0. The summed E-state index contributed by atoms with van der Waals surface area (Å²) in [6, 6.07) is 13.3. The van der Waals surface area contributed by atoms with Gasteiger partial charge in [0.05, 0.1) is 21.8 Å². The summed E-state index contributed by atoms with van der Waals surface area (Å²) in [5.41, 5.74) is 2.58. The lowest BCUT2D eigenvalue weighted by Gasteiger charge is -2.36. The predicted molar refractivity (Wildman–Crippen MR) is 103 cm³/mol. The maximum atomic E-state index is 12.9. The molecule has 2 heterocycles. The normalized spacial score (nSPS) is 15.0. The molecule has 0 radical (unpaired) electrons. The van der Waals surface area contributed by atoms with Crippen molar-refractivity contribution in [2.75, 3.05) is 31.1 Å². The van der Waals surface area contributed by atoms with E-state index in [0.717, 1.165) is 35.2 Å². The fourth-order valence-corrected chi connectivity index (χ4v) is 3.85. The molecule has 4 rings (SSSR count). The van der Waals surface area contributed by atoms with E-state index in [9.17, 15) is 4.79 Å². The van der Waals surface area contributed by atoms with Gasteiger partial charge in [-0.3, -0.25) is 4.79 Å². The molecule has 1 amide bonds. The number of carbonyl (C=O) groups is 1. The zero-order valence-electron chi connectivity index (χ0n) is 13.5. The van der Waals surface area contributed by atoms with Crippen molar-refractivity contribution in [2.24, 2.45) is 0 Å². The molecule has 1 aliphatic heterocycles. The van der Waals surface area contributed by atoms with Gasteiger partial charge in [-0.25, -0.2) is 0 Å². The Balaban J connectivity index is 1.50. The number of nitrogens with zero attached hydrogens (tertiary/aromatic N) is 2. The second-order valence-electron chi connectivity index (χ2n) is 6.12. The molecule has 0 atom stereocenters. The Labute approximate surface area is 155 Å². The molecule has 0 saturated carbocycles. The van der Waals surface area contributed by atoms with E-state index in [1.807, 2.05) is 47.5 Å². The zero-order valence-corrected chi connectivity index (χ0v) is 15.0. The molecule has 4 nitrogen and oxygen atoms in total. The minimum absolute atomic E-state index is 0.0647. The molecule has 1 N–H and O–H groups in total. The van der Waals surface area contributed by atoms with Gasteiger partial charge in [0.2, 0.25) is 0 Å². The van der Waals surface area contributed by atoms with Crippen molar-refractivity contribution >= 4 is 45.7 Å². The molecule has 25 heavy (non-hydrogen) atoms. The van der Waals surface area contributed by atoms with Crippen molar-refractivity contribution in [3.63, 3.8) is 0 Å². The zero-order chi connectivity index (χ0) is 17.4. The number of hydrogen-bond donors (Lipinski definition) is 1. The molecule has 1 saturated heterocycles. The lowest BCUT2D eigenvalue weighted by atomic mass is 10.1. The van der Waals surface area contributed by atoms with Crippen LogP contribution in [0.2, 0.25) is 10.0 Å². The quantitative estimate of drug-likeness (QED) is 0.721. The highest BCUT2D eigenvalue weighted by Gasteiger charge is 2.24. The van der Waals surface area contributed by atoms with Gasteiger partial charge in [0.1, 0.15) is 0 Å². The van der Waals surface area contributed by atoms with Crippen molar-refractivity contribution in [3.8, 4) is 0 Å². The summed E-state index contributed by atoms with van der Waals surface area (Å²) in [4.78, 5) is 20.2. The number of rotatable bonds is 2. The third kappa shape index (κ3) is 3.08. The minimum atomic E-state index is 0.0647. The number of aromatic amines is 1. The van der Waals surface area contributed by atoms with Crippen LogP contribution < -0.4 is 4.90 Å². The van der Waals surface area contributed by atoms with Crippen molar-refractivity contribution in [2.45, 2.75) is 0 Å². The lowest BCUT2D eigenvalue weighted by Crippen LogP contribution is -2.48. The van der Waals surface area contributed by atoms with E-state index in [1.54, 1.807) is 6.07 Å². The second kappa shape index (κ2) is 6.62. The Morgan fingerprint density at radius 1 is 1.00 bits per heavy atom. The van der Waals surface area contributed by atoms with Crippen molar-refractivity contribution in [1.29, 1.82) is 0 Å². The topological polar surface area (TPSA) is 39.3 Å². The largest absolute Gasteiger partial charge is 0.367 e. The van der Waals surface area contributed by atoms with Crippen LogP contribution in [0, 0.1) is 0 Å². The summed E-state index contributed by atoms with van der Waals surface area (Å²) in [6.45, 7) is 2.81. The SMILES string of the molecule is O=C(c1cccc2cc[nH]c12)N1CCN(c2ccc(Cl)cc2Cl)CC1. The molecule has 1 aromatic heterocycles. The smallest absolute Gasteiger partial charge is 0.256 e. The number of halogens is 2. The van der Waals surface area contributed by atoms with Crippen LogP contribution in [0.25, 0.3) is 10.9 Å². The Kier molecular flexibility index (Phi) is 4.32. The highest BCUT2D eigenvalue weighted by atomic mass is 35.5. The highest BCUT2D eigenvalue weighted by Crippen LogP contribution is 2.29. The van der Waals surface area contributed by atoms with Gasteiger partial charge in [0.15, 0.2) is 0 Å². The lowest BCUT2D eigenvalue weighted by molar-refractivity contribution is 0.0748. The van der Waals surface area contributed by atoms with Crippen molar-refractivity contribution in [1.82, 2.24) is 9.88 Å².